The number of Topliss-reactive ketones (excluding diaryl/α,β-unsaturated/α-hetero) is 1. The van der Waals surface area contributed by atoms with Gasteiger partial charge in [0.05, 0.1) is 0 Å². The molecule has 0 fully saturated rings. The van der Waals surface area contributed by atoms with E-state index in [1.807, 2.05) is 28.9 Å². The minimum atomic E-state index is -0.390. The van der Waals surface area contributed by atoms with Gasteiger partial charge in [0.1, 0.15) is 9.74 Å². The number of ketones is 1. The van der Waals surface area contributed by atoms with Gasteiger partial charge in [-0.1, -0.05) is 36.4 Å². The van der Waals surface area contributed by atoms with E-state index in [0.717, 1.165) is 23.4 Å². The van der Waals surface area contributed by atoms with Gasteiger partial charge in [-0.25, -0.2) is 0 Å². The summed E-state index contributed by atoms with van der Waals surface area (Å²) in [4.78, 5) is 17.8. The Morgan fingerprint density at radius 1 is 0.735 bits per heavy atom. The lowest BCUT2D eigenvalue weighted by Gasteiger charge is -2.61. The lowest BCUT2D eigenvalue weighted by Crippen LogP contribution is -2.68. The SMILES string of the molecule is CC1(C2(C3(C)SC=CN3c3ccccc3)CC(=O)c3cscc3C2)SC=CN1c1ccccc1. The van der Waals surface area contributed by atoms with Crippen LogP contribution in [0.2, 0.25) is 0 Å². The summed E-state index contributed by atoms with van der Waals surface area (Å²) in [5.74, 6) is 0.256. The van der Waals surface area contributed by atoms with Gasteiger partial charge in [-0.3, -0.25) is 4.79 Å². The Kier molecular flexibility index (Phi) is 5.24. The van der Waals surface area contributed by atoms with Crippen LogP contribution in [-0.4, -0.2) is 15.5 Å². The van der Waals surface area contributed by atoms with E-state index in [4.69, 9.17) is 0 Å². The average molecular weight is 503 g/mol. The fourth-order valence-corrected chi connectivity index (χ4v) is 9.44. The molecule has 1 aromatic heterocycles. The first-order valence-electron chi connectivity index (χ1n) is 11.4. The van der Waals surface area contributed by atoms with Crippen LogP contribution in [0.15, 0.2) is 94.6 Å². The van der Waals surface area contributed by atoms with E-state index in [-0.39, 0.29) is 20.9 Å². The first-order chi connectivity index (χ1) is 16.5. The van der Waals surface area contributed by atoms with E-state index in [1.54, 1.807) is 11.3 Å². The van der Waals surface area contributed by atoms with Crippen LogP contribution in [0.4, 0.5) is 11.4 Å². The maximum absolute atomic E-state index is 13.8. The molecule has 0 saturated heterocycles. The summed E-state index contributed by atoms with van der Waals surface area (Å²) in [6, 6.07) is 21.1. The number of thiophene rings is 1. The molecule has 0 N–H and O–H groups in total. The maximum atomic E-state index is 13.8. The fourth-order valence-electron chi connectivity index (χ4n) is 5.92. The highest BCUT2D eigenvalue weighted by Crippen LogP contribution is 2.66. The van der Waals surface area contributed by atoms with Crippen LogP contribution in [0.3, 0.4) is 0 Å². The van der Waals surface area contributed by atoms with Gasteiger partial charge in [-0.2, -0.15) is 11.3 Å². The molecule has 0 amide bonds. The van der Waals surface area contributed by atoms with Crippen molar-refractivity contribution in [2.24, 2.45) is 5.41 Å². The monoisotopic (exact) mass is 502 g/mol. The summed E-state index contributed by atoms with van der Waals surface area (Å²) >= 11 is 5.33. The van der Waals surface area contributed by atoms with Crippen LogP contribution in [0.5, 0.6) is 0 Å². The standard InChI is InChI=1S/C28H26N2OS3/c1-26(29(13-15-33-26)22-9-5-3-6-10-22)28(17-21-19-32-20-24(21)25(31)18-28)27(2)30(14-16-34-27)23-11-7-4-8-12-23/h3-16,19-20H,17-18H2,1-2H3. The van der Waals surface area contributed by atoms with Crippen molar-refractivity contribution in [3.05, 3.63) is 106 Å². The Labute approximate surface area is 213 Å². The molecule has 2 aromatic carbocycles. The molecule has 2 aliphatic heterocycles. The minimum absolute atomic E-state index is 0.256. The van der Waals surface area contributed by atoms with Crippen LogP contribution in [-0.2, 0) is 6.42 Å². The minimum Gasteiger partial charge on any atom is -0.332 e. The van der Waals surface area contributed by atoms with E-state index in [0.29, 0.717) is 6.42 Å². The van der Waals surface area contributed by atoms with Crippen molar-refractivity contribution in [3.8, 4) is 0 Å². The summed E-state index contributed by atoms with van der Waals surface area (Å²) in [6.07, 6.45) is 5.73. The molecular formula is C28H26N2OS3. The number of nitrogens with zero attached hydrogens (tertiary/aromatic N) is 2. The number of para-hydroxylation sites is 2. The molecule has 3 heterocycles. The van der Waals surface area contributed by atoms with Gasteiger partial charge < -0.3 is 9.80 Å². The highest BCUT2D eigenvalue weighted by molar-refractivity contribution is 8.04. The summed E-state index contributed by atoms with van der Waals surface area (Å²) in [6.45, 7) is 4.67. The molecule has 0 radical (unpaired) electrons. The molecule has 0 saturated carbocycles. The molecule has 3 aliphatic rings. The molecule has 2 atom stereocenters. The van der Waals surface area contributed by atoms with Gasteiger partial charge in [0.2, 0.25) is 0 Å². The molecule has 0 spiro atoms. The third-order valence-electron chi connectivity index (χ3n) is 7.78. The largest absolute Gasteiger partial charge is 0.332 e. The van der Waals surface area contributed by atoms with Crippen molar-refractivity contribution < 1.29 is 4.79 Å². The van der Waals surface area contributed by atoms with Gasteiger partial charge in [-0.05, 0) is 66.3 Å². The zero-order valence-electron chi connectivity index (χ0n) is 19.2. The van der Waals surface area contributed by atoms with Crippen LogP contribution < -0.4 is 9.80 Å². The van der Waals surface area contributed by atoms with Crippen LogP contribution in [0.25, 0.3) is 0 Å². The topological polar surface area (TPSA) is 23.6 Å². The number of carbonyl (C=O) groups excluding carboxylic acids is 1. The van der Waals surface area contributed by atoms with Gasteiger partial charge in [0, 0.05) is 46.6 Å². The van der Waals surface area contributed by atoms with E-state index in [1.165, 1.54) is 5.56 Å². The zero-order valence-corrected chi connectivity index (χ0v) is 21.6. The molecule has 6 heteroatoms. The predicted molar refractivity (Wildman–Crippen MR) is 148 cm³/mol. The Morgan fingerprint density at radius 3 is 1.79 bits per heavy atom. The Balaban J connectivity index is 1.56. The van der Waals surface area contributed by atoms with Crippen LogP contribution in [0, 0.1) is 5.41 Å². The van der Waals surface area contributed by atoms with Gasteiger partial charge in [-0.15, -0.1) is 23.5 Å². The van der Waals surface area contributed by atoms with Crippen LogP contribution in [0.1, 0.15) is 36.2 Å². The number of carbonyl (C=O) groups is 1. The quantitative estimate of drug-likeness (QED) is 0.363. The average Bonchev–Trinajstić information content (AvgIpc) is 3.59. The normalized spacial score (nSPS) is 30.2. The summed E-state index contributed by atoms with van der Waals surface area (Å²) in [5, 5.41) is 8.63. The molecule has 6 rings (SSSR count). The Hall–Kier alpha value is -2.41. The number of anilines is 2. The molecule has 2 unspecified atom stereocenters. The fraction of sp³-hybridized carbons (Fsp3) is 0.250. The molecule has 1 aliphatic carbocycles. The summed E-state index contributed by atoms with van der Waals surface area (Å²) in [5.41, 5.74) is 4.01. The molecule has 3 nitrogen and oxygen atoms in total. The molecule has 34 heavy (non-hydrogen) atoms. The maximum Gasteiger partial charge on any atom is 0.164 e. The number of hydrogen-bond donors (Lipinski definition) is 0. The lowest BCUT2D eigenvalue weighted by molar-refractivity contribution is 0.0747. The van der Waals surface area contributed by atoms with Crippen molar-refractivity contribution in [1.29, 1.82) is 0 Å². The Bertz CT molecular complexity index is 1220. The van der Waals surface area contributed by atoms with Crippen molar-refractivity contribution in [1.82, 2.24) is 0 Å². The first kappa shape index (κ1) is 22.1. The van der Waals surface area contributed by atoms with E-state index >= 15 is 0 Å². The predicted octanol–water partition coefficient (Wildman–Crippen LogP) is 7.75. The molecular weight excluding hydrogens is 477 g/mol. The lowest BCUT2D eigenvalue weighted by atomic mass is 9.62. The number of rotatable bonds is 4. The third-order valence-corrected chi connectivity index (χ3v) is 11.2. The first-order valence-corrected chi connectivity index (χ1v) is 14.1. The number of hydrogen-bond acceptors (Lipinski definition) is 6. The summed E-state index contributed by atoms with van der Waals surface area (Å²) in [7, 11) is 0. The van der Waals surface area contributed by atoms with Crippen molar-refractivity contribution in [2.75, 3.05) is 9.80 Å². The van der Waals surface area contributed by atoms with Crippen molar-refractivity contribution in [2.45, 2.75) is 36.4 Å². The number of benzene rings is 2. The van der Waals surface area contributed by atoms with Crippen LogP contribution >= 0.6 is 34.9 Å². The molecule has 3 aromatic rings. The van der Waals surface area contributed by atoms with Gasteiger partial charge in [0.15, 0.2) is 5.78 Å². The second kappa shape index (κ2) is 8.08. The van der Waals surface area contributed by atoms with Gasteiger partial charge >= 0.3 is 0 Å². The number of fused-ring (bicyclic) bond motifs is 1. The second-order valence-electron chi connectivity index (χ2n) is 9.35. The van der Waals surface area contributed by atoms with Gasteiger partial charge in [0.25, 0.3) is 0 Å². The highest BCUT2D eigenvalue weighted by Gasteiger charge is 2.67. The van der Waals surface area contributed by atoms with E-state index in [2.05, 4.69) is 113 Å². The van der Waals surface area contributed by atoms with E-state index < -0.39 is 0 Å². The molecule has 172 valence electrons. The zero-order chi connectivity index (χ0) is 23.4. The van der Waals surface area contributed by atoms with Crippen molar-refractivity contribution >= 4 is 52.0 Å². The second-order valence-corrected chi connectivity index (χ2v) is 12.7. The van der Waals surface area contributed by atoms with Crippen molar-refractivity contribution in [3.63, 3.8) is 0 Å². The third kappa shape index (κ3) is 3.01. The summed E-state index contributed by atoms with van der Waals surface area (Å²) < 4.78 is 0. The number of thioether (sulfide) groups is 2. The molecule has 0 bridgehead atoms. The highest BCUT2D eigenvalue weighted by atomic mass is 32.2. The van der Waals surface area contributed by atoms with E-state index in [9.17, 15) is 4.79 Å². The smallest absolute Gasteiger partial charge is 0.164 e. The Morgan fingerprint density at radius 2 is 1.26 bits per heavy atom.